The number of alkyl carbamates (subject to hydrolysis) is 1. The number of esters is 1. The first-order chi connectivity index (χ1) is 15.8. The first-order valence-electron chi connectivity index (χ1n) is 9.68. The van der Waals surface area contributed by atoms with Crippen LogP contribution in [0.25, 0.3) is 0 Å². The lowest BCUT2D eigenvalue weighted by atomic mass is 10.1. The maximum Gasteiger partial charge on any atom is 0.408 e. The van der Waals surface area contributed by atoms with Crippen molar-refractivity contribution in [2.75, 3.05) is 0 Å². The van der Waals surface area contributed by atoms with E-state index in [1.807, 2.05) is 18.2 Å². The number of benzene rings is 3. The molecule has 1 atom stereocenters. The van der Waals surface area contributed by atoms with Gasteiger partial charge in [0.1, 0.15) is 18.4 Å². The van der Waals surface area contributed by atoms with Gasteiger partial charge in [-0.2, -0.15) is 0 Å². The minimum Gasteiger partial charge on any atom is -0.445 e. The van der Waals surface area contributed by atoms with Gasteiger partial charge in [0.15, 0.2) is 0 Å². The maximum atomic E-state index is 12.8. The van der Waals surface area contributed by atoms with Gasteiger partial charge in [0.2, 0.25) is 0 Å². The van der Waals surface area contributed by atoms with Crippen molar-refractivity contribution in [3.8, 4) is 5.75 Å². The summed E-state index contributed by atoms with van der Waals surface area (Å²) in [7, 11) is 0. The summed E-state index contributed by atoms with van der Waals surface area (Å²) in [6, 6.07) is 17.6. The molecule has 0 aromatic heterocycles. The normalized spacial score (nSPS) is 11.3. The van der Waals surface area contributed by atoms with Crippen LogP contribution in [-0.2, 0) is 22.6 Å². The highest BCUT2D eigenvalue weighted by Crippen LogP contribution is 2.21. The molecule has 0 saturated heterocycles. The van der Waals surface area contributed by atoms with Gasteiger partial charge < -0.3 is 14.8 Å². The molecule has 0 aliphatic carbocycles. The van der Waals surface area contributed by atoms with Crippen LogP contribution in [-0.4, -0.2) is 23.0 Å². The summed E-state index contributed by atoms with van der Waals surface area (Å²) in [6.07, 6.45) is -0.801. The molecular formula is C23H18Cl2N2O6. The Kier molecular flexibility index (Phi) is 8.23. The lowest BCUT2D eigenvalue weighted by Crippen LogP contribution is -2.44. The van der Waals surface area contributed by atoms with E-state index in [1.54, 1.807) is 30.3 Å². The molecule has 0 fully saturated rings. The molecule has 0 saturated carbocycles. The summed E-state index contributed by atoms with van der Waals surface area (Å²) in [4.78, 5) is 35.4. The van der Waals surface area contributed by atoms with Gasteiger partial charge in [0.05, 0.1) is 4.92 Å². The molecule has 8 nitrogen and oxygen atoms in total. The molecule has 0 aliphatic rings. The minimum absolute atomic E-state index is 0.0137. The van der Waals surface area contributed by atoms with E-state index in [2.05, 4.69) is 5.32 Å². The van der Waals surface area contributed by atoms with Crippen LogP contribution in [0.2, 0.25) is 10.0 Å². The standard InChI is InChI=1S/C23H18Cl2N2O6/c24-17-10-16(11-18(25)13-17)12-21(26-23(29)32-14-15-4-2-1-3-5-15)22(28)33-20-8-6-19(7-9-20)27(30)31/h1-11,13,21H,12,14H2,(H,26,29). The number of carbonyl (C=O) groups excluding carboxylic acids is 2. The zero-order chi connectivity index (χ0) is 23.8. The maximum absolute atomic E-state index is 12.8. The fourth-order valence-corrected chi connectivity index (χ4v) is 3.46. The van der Waals surface area contributed by atoms with Crippen molar-refractivity contribution in [1.29, 1.82) is 0 Å². The molecule has 0 aliphatic heterocycles. The predicted molar refractivity (Wildman–Crippen MR) is 122 cm³/mol. The topological polar surface area (TPSA) is 108 Å². The highest BCUT2D eigenvalue weighted by Gasteiger charge is 2.25. The van der Waals surface area contributed by atoms with Gasteiger partial charge in [-0.05, 0) is 41.5 Å². The Bertz CT molecular complexity index is 1120. The Hall–Kier alpha value is -3.62. The number of ether oxygens (including phenoxy) is 2. The zero-order valence-electron chi connectivity index (χ0n) is 17.1. The number of nitrogens with one attached hydrogen (secondary N) is 1. The average Bonchev–Trinajstić information content (AvgIpc) is 2.77. The van der Waals surface area contributed by atoms with Crippen LogP contribution < -0.4 is 10.1 Å². The monoisotopic (exact) mass is 488 g/mol. The van der Waals surface area contributed by atoms with Gasteiger partial charge in [-0.25, -0.2) is 9.59 Å². The Morgan fingerprint density at radius 3 is 2.18 bits per heavy atom. The fourth-order valence-electron chi connectivity index (χ4n) is 2.89. The molecule has 170 valence electrons. The van der Waals surface area contributed by atoms with Gasteiger partial charge in [-0.1, -0.05) is 53.5 Å². The van der Waals surface area contributed by atoms with Crippen LogP contribution >= 0.6 is 23.2 Å². The number of rotatable bonds is 8. The van der Waals surface area contributed by atoms with Crippen LogP contribution in [0.3, 0.4) is 0 Å². The fraction of sp³-hybridized carbons (Fsp3) is 0.130. The van der Waals surface area contributed by atoms with E-state index in [0.717, 1.165) is 5.56 Å². The molecule has 0 bridgehead atoms. The number of nitro benzene ring substituents is 1. The van der Waals surface area contributed by atoms with E-state index in [4.69, 9.17) is 32.7 Å². The van der Waals surface area contributed by atoms with Crippen LogP contribution in [0.1, 0.15) is 11.1 Å². The van der Waals surface area contributed by atoms with Gasteiger partial charge in [0, 0.05) is 28.6 Å². The van der Waals surface area contributed by atoms with Gasteiger partial charge in [-0.3, -0.25) is 10.1 Å². The van der Waals surface area contributed by atoms with Crippen LogP contribution in [0.15, 0.2) is 72.8 Å². The van der Waals surface area contributed by atoms with E-state index in [9.17, 15) is 19.7 Å². The zero-order valence-corrected chi connectivity index (χ0v) is 18.6. The number of amides is 1. The Morgan fingerprint density at radius 1 is 0.939 bits per heavy atom. The van der Waals surface area contributed by atoms with Gasteiger partial charge in [-0.15, -0.1) is 0 Å². The van der Waals surface area contributed by atoms with Crippen LogP contribution in [0, 0.1) is 10.1 Å². The second-order valence-electron chi connectivity index (χ2n) is 6.91. The third-order valence-electron chi connectivity index (χ3n) is 4.42. The second-order valence-corrected chi connectivity index (χ2v) is 7.79. The van der Waals surface area contributed by atoms with Crippen molar-refractivity contribution in [3.63, 3.8) is 0 Å². The minimum atomic E-state index is -1.14. The highest BCUT2D eigenvalue weighted by atomic mass is 35.5. The van der Waals surface area contributed by atoms with Gasteiger partial charge >= 0.3 is 12.1 Å². The van der Waals surface area contributed by atoms with E-state index in [-0.39, 0.29) is 24.5 Å². The van der Waals surface area contributed by atoms with Crippen molar-refractivity contribution >= 4 is 41.0 Å². The van der Waals surface area contributed by atoms with Crippen molar-refractivity contribution in [2.24, 2.45) is 0 Å². The van der Waals surface area contributed by atoms with Crippen molar-refractivity contribution in [3.05, 3.63) is 104 Å². The molecular weight excluding hydrogens is 471 g/mol. The van der Waals surface area contributed by atoms with E-state index in [1.165, 1.54) is 24.3 Å². The summed E-state index contributed by atoms with van der Waals surface area (Å²) in [5.74, 6) is -0.712. The van der Waals surface area contributed by atoms with Gasteiger partial charge in [0.25, 0.3) is 5.69 Å². The van der Waals surface area contributed by atoms with E-state index < -0.39 is 23.0 Å². The average molecular weight is 489 g/mol. The molecule has 3 rings (SSSR count). The summed E-state index contributed by atoms with van der Waals surface area (Å²) < 4.78 is 10.5. The summed E-state index contributed by atoms with van der Waals surface area (Å²) in [6.45, 7) is 0.0137. The second kappa shape index (κ2) is 11.3. The van der Waals surface area contributed by atoms with E-state index >= 15 is 0 Å². The molecule has 0 heterocycles. The number of nitrogens with zero attached hydrogens (tertiary/aromatic N) is 1. The first kappa shape index (κ1) is 24.0. The van der Waals surface area contributed by atoms with Crippen molar-refractivity contribution in [1.82, 2.24) is 5.32 Å². The third-order valence-corrected chi connectivity index (χ3v) is 4.85. The predicted octanol–water partition coefficient (Wildman–Crippen LogP) is 5.34. The van der Waals surface area contributed by atoms with Crippen LogP contribution in [0.4, 0.5) is 10.5 Å². The molecule has 10 heteroatoms. The molecule has 3 aromatic carbocycles. The first-order valence-corrected chi connectivity index (χ1v) is 10.4. The Balaban J connectivity index is 1.72. The quantitative estimate of drug-likeness (QED) is 0.198. The number of hydrogen-bond acceptors (Lipinski definition) is 6. The summed E-state index contributed by atoms with van der Waals surface area (Å²) in [5, 5.41) is 14.0. The molecule has 0 radical (unpaired) electrons. The summed E-state index contributed by atoms with van der Waals surface area (Å²) in [5.41, 5.74) is 1.21. The number of non-ortho nitro benzene ring substituents is 1. The SMILES string of the molecule is O=C(NC(Cc1cc(Cl)cc(Cl)c1)C(=O)Oc1ccc([N+](=O)[O-])cc1)OCc1ccccc1. The number of halogens is 2. The highest BCUT2D eigenvalue weighted by molar-refractivity contribution is 6.34. The number of hydrogen-bond donors (Lipinski definition) is 1. The van der Waals surface area contributed by atoms with Crippen molar-refractivity contribution in [2.45, 2.75) is 19.1 Å². The molecule has 33 heavy (non-hydrogen) atoms. The Labute approximate surface area is 199 Å². The third kappa shape index (κ3) is 7.48. The molecule has 1 unspecified atom stereocenters. The number of carbonyl (C=O) groups is 2. The number of nitro groups is 1. The van der Waals surface area contributed by atoms with Crippen molar-refractivity contribution < 1.29 is 24.0 Å². The lowest BCUT2D eigenvalue weighted by molar-refractivity contribution is -0.384. The lowest BCUT2D eigenvalue weighted by Gasteiger charge is -2.18. The molecule has 1 amide bonds. The molecule has 3 aromatic rings. The summed E-state index contributed by atoms with van der Waals surface area (Å²) >= 11 is 12.1. The smallest absolute Gasteiger partial charge is 0.408 e. The van der Waals surface area contributed by atoms with E-state index in [0.29, 0.717) is 15.6 Å². The van der Waals surface area contributed by atoms with Crippen LogP contribution in [0.5, 0.6) is 5.75 Å². The largest absolute Gasteiger partial charge is 0.445 e. The molecule has 1 N–H and O–H groups in total. The Morgan fingerprint density at radius 2 is 1.58 bits per heavy atom. The molecule has 0 spiro atoms.